The number of hydroxylamine groups is 2. The molecule has 196 valence electrons. The number of para-hydroxylation sites is 1. The minimum atomic E-state index is -0.827. The molecule has 5 rings (SSSR count). The summed E-state index contributed by atoms with van der Waals surface area (Å²) < 4.78 is 4.58. The molecule has 2 aromatic heterocycles. The summed E-state index contributed by atoms with van der Waals surface area (Å²) in [4.78, 5) is 45.7. The number of carbonyl (C=O) groups excluding carboxylic acids is 1. The fourth-order valence-electron chi connectivity index (χ4n) is 5.20. The van der Waals surface area contributed by atoms with Gasteiger partial charge in [-0.3, -0.25) is 23.6 Å². The summed E-state index contributed by atoms with van der Waals surface area (Å²) in [5.74, 6) is -1.20. The molecule has 1 aromatic carbocycles. The van der Waals surface area contributed by atoms with Gasteiger partial charge in [0.25, 0.3) is 11.5 Å². The number of aliphatic hydroxyl groups is 1. The van der Waals surface area contributed by atoms with Crippen LogP contribution in [0.4, 0.5) is 0 Å². The molecule has 0 radical (unpaired) electrons. The Kier molecular flexibility index (Phi) is 6.86. The largest absolute Gasteiger partial charge is 0.389 e. The van der Waals surface area contributed by atoms with Gasteiger partial charge in [-0.2, -0.15) is 5.10 Å². The van der Waals surface area contributed by atoms with E-state index in [1.165, 1.54) is 23.9 Å². The maximum Gasteiger partial charge on any atom is 0.331 e. The predicted octanol–water partition coefficient (Wildman–Crippen LogP) is 1.69. The molecule has 0 bridgehead atoms. The van der Waals surface area contributed by atoms with Crippen LogP contribution in [-0.2, 0) is 29.6 Å². The summed E-state index contributed by atoms with van der Waals surface area (Å²) in [5, 5.41) is 16.1. The molecular weight excluding hydrogens is 494 g/mol. The van der Waals surface area contributed by atoms with Crippen LogP contribution in [0.1, 0.15) is 41.8 Å². The number of fused-ring (bicyclic) bond motifs is 1. The van der Waals surface area contributed by atoms with Crippen molar-refractivity contribution in [2.24, 2.45) is 7.05 Å². The number of carbonyl (C=O) groups is 1. The summed E-state index contributed by atoms with van der Waals surface area (Å²) in [6.07, 6.45) is 0.402. The smallest absolute Gasteiger partial charge is 0.331 e. The van der Waals surface area contributed by atoms with Gasteiger partial charge in [-0.05, 0) is 44.4 Å². The Labute approximate surface area is 218 Å². The third-order valence-corrected chi connectivity index (χ3v) is 8.49. The van der Waals surface area contributed by atoms with Crippen LogP contribution in [0.3, 0.4) is 0 Å². The molecule has 2 aliphatic heterocycles. The zero-order chi connectivity index (χ0) is 26.4. The standard InChI is InChI=1S/C26H31N5O5S/c1-5-11-29-25-22(23(33)28(4)26(29)35)21(24(34)30-13-18(32)14-36-30)20(37-25)12-19-15(2)27-31(16(19)3)17-9-7-6-8-10-17/h6-10,18,20-21,32H,5,11-14H2,1-4H3/t18-,20?,21?/m0/s1. The van der Waals surface area contributed by atoms with E-state index in [0.29, 0.717) is 30.0 Å². The fourth-order valence-corrected chi connectivity index (χ4v) is 6.76. The number of hydrogen-bond donors (Lipinski definition) is 1. The monoisotopic (exact) mass is 525 g/mol. The van der Waals surface area contributed by atoms with Crippen molar-refractivity contribution in [2.75, 3.05) is 13.2 Å². The minimum absolute atomic E-state index is 0.0263. The van der Waals surface area contributed by atoms with Crippen LogP contribution in [-0.4, -0.2) is 59.5 Å². The van der Waals surface area contributed by atoms with E-state index in [1.807, 2.05) is 55.8 Å². The number of benzene rings is 1. The minimum Gasteiger partial charge on any atom is -0.389 e. The van der Waals surface area contributed by atoms with Gasteiger partial charge in [0.1, 0.15) is 6.61 Å². The van der Waals surface area contributed by atoms with Gasteiger partial charge in [0.15, 0.2) is 0 Å². The highest BCUT2D eigenvalue weighted by molar-refractivity contribution is 8.00. The maximum absolute atomic E-state index is 13.8. The van der Waals surface area contributed by atoms with Crippen LogP contribution in [0, 0.1) is 13.8 Å². The van der Waals surface area contributed by atoms with Crippen molar-refractivity contribution in [3.05, 3.63) is 73.7 Å². The summed E-state index contributed by atoms with van der Waals surface area (Å²) >= 11 is 1.40. The first-order valence-corrected chi connectivity index (χ1v) is 13.3. The number of aliphatic hydroxyl groups excluding tert-OH is 1. The zero-order valence-electron chi connectivity index (χ0n) is 21.4. The third-order valence-electron chi connectivity index (χ3n) is 7.08. The van der Waals surface area contributed by atoms with Crippen LogP contribution in [0.5, 0.6) is 0 Å². The Bertz CT molecular complexity index is 1460. The van der Waals surface area contributed by atoms with Gasteiger partial charge >= 0.3 is 5.69 Å². The zero-order valence-corrected chi connectivity index (χ0v) is 22.2. The fraction of sp³-hybridized carbons (Fsp3) is 0.462. The molecule has 1 fully saturated rings. The summed E-state index contributed by atoms with van der Waals surface area (Å²) in [5.41, 5.74) is 3.21. The average molecular weight is 526 g/mol. The molecule has 1 amide bonds. The molecule has 1 saturated heterocycles. The quantitative estimate of drug-likeness (QED) is 0.488. The SMILES string of the molecule is CCCn1c2c(c(=O)n(C)c1=O)C(C(=O)N1C[C@H](O)CO1)C(Cc1c(C)nn(-c3ccccc3)c1C)S2. The molecular formula is C26H31N5O5S. The Morgan fingerprint density at radius 2 is 1.95 bits per heavy atom. The van der Waals surface area contributed by atoms with Crippen LogP contribution >= 0.6 is 11.8 Å². The molecule has 11 heteroatoms. The topological polar surface area (TPSA) is 112 Å². The number of amides is 1. The Hall–Kier alpha value is -3.15. The molecule has 2 unspecified atom stereocenters. The number of aromatic nitrogens is 4. The molecule has 1 N–H and O–H groups in total. The van der Waals surface area contributed by atoms with Gasteiger partial charge in [0.2, 0.25) is 0 Å². The summed E-state index contributed by atoms with van der Waals surface area (Å²) in [6.45, 7) is 6.42. The van der Waals surface area contributed by atoms with Crippen molar-refractivity contribution in [2.45, 2.75) is 62.5 Å². The van der Waals surface area contributed by atoms with Crippen LogP contribution in [0.2, 0.25) is 0 Å². The van der Waals surface area contributed by atoms with Crippen LogP contribution in [0.25, 0.3) is 5.69 Å². The van der Waals surface area contributed by atoms with Crippen LogP contribution in [0.15, 0.2) is 44.9 Å². The lowest BCUT2D eigenvalue weighted by Gasteiger charge is -2.23. The van der Waals surface area contributed by atoms with E-state index in [4.69, 9.17) is 9.94 Å². The molecule has 0 spiro atoms. The van der Waals surface area contributed by atoms with Gasteiger partial charge in [-0.25, -0.2) is 14.5 Å². The van der Waals surface area contributed by atoms with Crippen LogP contribution < -0.4 is 11.2 Å². The number of aryl methyl sites for hydroxylation is 1. The molecule has 10 nitrogen and oxygen atoms in total. The van der Waals surface area contributed by atoms with E-state index in [-0.39, 0.29) is 30.0 Å². The Balaban J connectivity index is 1.60. The summed E-state index contributed by atoms with van der Waals surface area (Å²) in [6, 6.07) is 9.83. The lowest BCUT2D eigenvalue weighted by molar-refractivity contribution is -0.170. The van der Waals surface area contributed by atoms with E-state index >= 15 is 0 Å². The van der Waals surface area contributed by atoms with Crippen molar-refractivity contribution < 1.29 is 14.7 Å². The Morgan fingerprint density at radius 3 is 2.59 bits per heavy atom. The molecule has 2 aliphatic rings. The molecule has 3 atom stereocenters. The third kappa shape index (κ3) is 4.34. The first-order valence-electron chi connectivity index (χ1n) is 12.5. The van der Waals surface area contributed by atoms with Crippen molar-refractivity contribution in [3.63, 3.8) is 0 Å². The number of thioether (sulfide) groups is 1. The highest BCUT2D eigenvalue weighted by Crippen LogP contribution is 2.46. The number of hydrogen-bond acceptors (Lipinski definition) is 7. The second-order valence-corrected chi connectivity index (χ2v) is 10.8. The van der Waals surface area contributed by atoms with Crippen molar-refractivity contribution in [1.82, 2.24) is 24.0 Å². The highest BCUT2D eigenvalue weighted by atomic mass is 32.2. The number of nitrogens with zero attached hydrogens (tertiary/aromatic N) is 5. The van der Waals surface area contributed by atoms with E-state index in [1.54, 1.807) is 4.57 Å². The van der Waals surface area contributed by atoms with E-state index in [0.717, 1.165) is 27.2 Å². The Morgan fingerprint density at radius 1 is 1.22 bits per heavy atom. The maximum atomic E-state index is 13.8. The second kappa shape index (κ2) is 9.96. The molecule has 37 heavy (non-hydrogen) atoms. The average Bonchev–Trinajstić information content (AvgIpc) is 3.57. The first kappa shape index (κ1) is 25.5. The van der Waals surface area contributed by atoms with Gasteiger partial charge < -0.3 is 5.11 Å². The molecule has 3 aromatic rings. The van der Waals surface area contributed by atoms with Crippen molar-refractivity contribution >= 4 is 17.7 Å². The van der Waals surface area contributed by atoms with Gasteiger partial charge in [0.05, 0.1) is 40.5 Å². The van der Waals surface area contributed by atoms with Crippen molar-refractivity contribution in [3.8, 4) is 5.69 Å². The van der Waals surface area contributed by atoms with E-state index in [9.17, 15) is 19.5 Å². The highest BCUT2D eigenvalue weighted by Gasteiger charge is 2.46. The van der Waals surface area contributed by atoms with E-state index < -0.39 is 17.6 Å². The molecule has 4 heterocycles. The second-order valence-electron chi connectivity index (χ2n) is 9.60. The molecule has 0 saturated carbocycles. The van der Waals surface area contributed by atoms with E-state index in [2.05, 4.69) is 0 Å². The number of β-amino-alcohol motifs (C(OH)–C–C–N with tert-alkyl or cyclic N) is 1. The summed E-state index contributed by atoms with van der Waals surface area (Å²) in [7, 11) is 1.45. The van der Waals surface area contributed by atoms with Gasteiger partial charge in [-0.1, -0.05) is 25.1 Å². The normalized spacial score (nSPS) is 21.0. The van der Waals surface area contributed by atoms with Gasteiger partial charge in [-0.15, -0.1) is 11.8 Å². The molecule has 0 aliphatic carbocycles. The first-order chi connectivity index (χ1) is 17.7. The van der Waals surface area contributed by atoms with Crippen molar-refractivity contribution in [1.29, 1.82) is 0 Å². The number of rotatable bonds is 6. The lowest BCUT2D eigenvalue weighted by atomic mass is 9.92. The predicted molar refractivity (Wildman–Crippen MR) is 139 cm³/mol. The lowest BCUT2D eigenvalue weighted by Crippen LogP contribution is -2.43. The van der Waals surface area contributed by atoms with Gasteiger partial charge in [0, 0.05) is 24.5 Å².